The molecular formula is C23H24N2O3S2. The monoisotopic (exact) mass is 440 g/mol. The molecule has 0 spiro atoms. The summed E-state index contributed by atoms with van der Waals surface area (Å²) in [5.74, 6) is 0.990. The fourth-order valence-electron chi connectivity index (χ4n) is 3.57. The first-order chi connectivity index (χ1) is 14.5. The van der Waals surface area contributed by atoms with Gasteiger partial charge in [0, 0.05) is 31.7 Å². The number of rotatable bonds is 5. The van der Waals surface area contributed by atoms with Crippen molar-refractivity contribution in [3.63, 3.8) is 0 Å². The summed E-state index contributed by atoms with van der Waals surface area (Å²) in [6, 6.07) is 11.7. The van der Waals surface area contributed by atoms with E-state index >= 15 is 0 Å². The molecule has 1 aromatic carbocycles. The lowest BCUT2D eigenvalue weighted by Gasteiger charge is -2.34. The lowest BCUT2D eigenvalue weighted by molar-refractivity contribution is 0.0540. The highest BCUT2D eigenvalue weighted by molar-refractivity contribution is 7.12. The molecule has 30 heavy (non-hydrogen) atoms. The lowest BCUT2D eigenvalue weighted by atomic mass is 10.1. The van der Waals surface area contributed by atoms with E-state index in [-0.39, 0.29) is 11.8 Å². The highest BCUT2D eigenvalue weighted by Gasteiger charge is 2.26. The van der Waals surface area contributed by atoms with Crippen molar-refractivity contribution in [2.45, 2.75) is 20.5 Å². The molecule has 3 aromatic rings. The van der Waals surface area contributed by atoms with E-state index in [4.69, 9.17) is 4.74 Å². The van der Waals surface area contributed by atoms with Crippen molar-refractivity contribution in [1.29, 1.82) is 0 Å². The summed E-state index contributed by atoms with van der Waals surface area (Å²) >= 11 is 2.90. The lowest BCUT2D eigenvalue weighted by Crippen LogP contribution is -2.50. The van der Waals surface area contributed by atoms with Crippen molar-refractivity contribution >= 4 is 34.5 Å². The van der Waals surface area contributed by atoms with Crippen LogP contribution < -0.4 is 4.74 Å². The number of para-hydroxylation sites is 1. The Hall–Kier alpha value is -2.64. The Kier molecular flexibility index (Phi) is 6.20. The first kappa shape index (κ1) is 20.6. The third-order valence-electron chi connectivity index (χ3n) is 5.24. The van der Waals surface area contributed by atoms with Crippen LogP contribution in [0, 0.1) is 13.8 Å². The van der Waals surface area contributed by atoms with Crippen molar-refractivity contribution in [3.05, 3.63) is 73.6 Å². The number of nitrogens with zero attached hydrogens (tertiary/aromatic N) is 2. The van der Waals surface area contributed by atoms with Gasteiger partial charge in [-0.3, -0.25) is 9.59 Å². The maximum Gasteiger partial charge on any atom is 0.264 e. The molecule has 156 valence electrons. The number of thiophene rings is 2. The van der Waals surface area contributed by atoms with Crippen LogP contribution in [-0.4, -0.2) is 47.8 Å². The second-order valence-electron chi connectivity index (χ2n) is 7.39. The topological polar surface area (TPSA) is 49.9 Å². The average Bonchev–Trinajstić information content (AvgIpc) is 3.45. The quantitative estimate of drug-likeness (QED) is 0.582. The number of ether oxygens (including phenoxy) is 1. The van der Waals surface area contributed by atoms with Crippen LogP contribution in [0.1, 0.15) is 36.0 Å². The second-order valence-corrected chi connectivity index (χ2v) is 9.25. The number of amides is 2. The summed E-state index contributed by atoms with van der Waals surface area (Å²) in [5, 5.41) is 3.89. The fraction of sp³-hybridized carbons (Fsp3) is 0.304. The molecule has 1 fully saturated rings. The molecule has 2 amide bonds. The predicted molar refractivity (Wildman–Crippen MR) is 121 cm³/mol. The molecule has 0 unspecified atom stereocenters. The molecule has 1 aliphatic heterocycles. The van der Waals surface area contributed by atoms with Crippen LogP contribution in [0.2, 0.25) is 0 Å². The molecule has 0 saturated carbocycles. The maximum atomic E-state index is 12.9. The molecule has 4 rings (SSSR count). The van der Waals surface area contributed by atoms with Gasteiger partial charge in [0.15, 0.2) is 0 Å². The van der Waals surface area contributed by atoms with Crippen LogP contribution in [0.4, 0.5) is 0 Å². The normalized spacial score (nSPS) is 14.1. The van der Waals surface area contributed by atoms with Crippen molar-refractivity contribution in [2.24, 2.45) is 0 Å². The average molecular weight is 441 g/mol. The number of piperazine rings is 1. The number of hydrogen-bond donors (Lipinski definition) is 0. The van der Waals surface area contributed by atoms with Gasteiger partial charge in [-0.15, -0.1) is 22.7 Å². The molecule has 0 atom stereocenters. The molecule has 0 N–H and O–H groups in total. The maximum absolute atomic E-state index is 12.9. The highest BCUT2D eigenvalue weighted by Crippen LogP contribution is 2.25. The Morgan fingerprint density at radius 2 is 1.53 bits per heavy atom. The predicted octanol–water partition coefficient (Wildman–Crippen LogP) is 4.60. The van der Waals surface area contributed by atoms with E-state index in [2.05, 4.69) is 0 Å². The van der Waals surface area contributed by atoms with Gasteiger partial charge in [-0.25, -0.2) is 0 Å². The molecule has 5 nitrogen and oxygen atoms in total. The van der Waals surface area contributed by atoms with Crippen molar-refractivity contribution < 1.29 is 14.3 Å². The summed E-state index contributed by atoms with van der Waals surface area (Å²) in [4.78, 5) is 30.5. The summed E-state index contributed by atoms with van der Waals surface area (Å²) in [7, 11) is 0. The molecule has 0 aliphatic carbocycles. The van der Waals surface area contributed by atoms with E-state index in [1.54, 1.807) is 0 Å². The SMILES string of the molecule is Cc1cccc(C)c1OCc1csc(C(=O)N2CCN(C(=O)c3cccs3)CC2)c1. The zero-order valence-corrected chi connectivity index (χ0v) is 18.7. The smallest absolute Gasteiger partial charge is 0.264 e. The number of aryl methyl sites for hydroxylation is 2. The van der Waals surface area contributed by atoms with E-state index in [9.17, 15) is 9.59 Å². The van der Waals surface area contributed by atoms with Crippen LogP contribution in [-0.2, 0) is 6.61 Å². The summed E-state index contributed by atoms with van der Waals surface area (Å²) in [5.41, 5.74) is 3.21. The second kappa shape index (κ2) is 9.02. The number of carbonyl (C=O) groups excluding carboxylic acids is 2. The van der Waals surface area contributed by atoms with Gasteiger partial charge in [-0.2, -0.15) is 0 Å². The van der Waals surface area contributed by atoms with Crippen molar-refractivity contribution in [1.82, 2.24) is 9.80 Å². The van der Waals surface area contributed by atoms with Gasteiger partial charge in [0.2, 0.25) is 0 Å². The standard InChI is InChI=1S/C23H24N2O3S2/c1-16-5-3-6-17(2)21(16)28-14-18-13-20(30-15-18)23(27)25-10-8-24(9-11-25)22(26)19-7-4-12-29-19/h3-7,12-13,15H,8-11,14H2,1-2H3. The van der Waals surface area contributed by atoms with Crippen LogP contribution in [0.15, 0.2) is 47.2 Å². The minimum Gasteiger partial charge on any atom is -0.488 e. The first-order valence-electron chi connectivity index (χ1n) is 9.91. The van der Waals surface area contributed by atoms with Crippen molar-refractivity contribution in [2.75, 3.05) is 26.2 Å². The van der Waals surface area contributed by atoms with Gasteiger partial charge in [-0.1, -0.05) is 24.3 Å². The molecule has 1 saturated heterocycles. The molecular weight excluding hydrogens is 416 g/mol. The molecule has 0 radical (unpaired) electrons. The largest absolute Gasteiger partial charge is 0.488 e. The van der Waals surface area contributed by atoms with Crippen LogP contribution >= 0.6 is 22.7 Å². The zero-order valence-electron chi connectivity index (χ0n) is 17.1. The molecule has 7 heteroatoms. The van der Waals surface area contributed by atoms with E-state index < -0.39 is 0 Å². The zero-order chi connectivity index (χ0) is 21.1. The molecule has 3 heterocycles. The summed E-state index contributed by atoms with van der Waals surface area (Å²) in [6.07, 6.45) is 0. The third kappa shape index (κ3) is 4.42. The summed E-state index contributed by atoms with van der Waals surface area (Å²) in [6.45, 7) is 6.76. The molecule has 2 aromatic heterocycles. The van der Waals surface area contributed by atoms with E-state index in [0.717, 1.165) is 27.3 Å². The Morgan fingerprint density at radius 1 is 0.900 bits per heavy atom. The van der Waals surface area contributed by atoms with Crippen LogP contribution in [0.3, 0.4) is 0 Å². The minimum absolute atomic E-state index is 0.0292. The fourth-order valence-corrected chi connectivity index (χ4v) is 5.12. The molecule has 0 bridgehead atoms. The van der Waals surface area contributed by atoms with Gasteiger partial charge in [0.25, 0.3) is 11.8 Å². The Balaban J connectivity index is 1.33. The number of hydrogen-bond acceptors (Lipinski definition) is 5. The minimum atomic E-state index is 0.0292. The molecule has 1 aliphatic rings. The van der Waals surface area contributed by atoms with Gasteiger partial charge >= 0.3 is 0 Å². The van der Waals surface area contributed by atoms with E-state index in [0.29, 0.717) is 37.7 Å². The number of carbonyl (C=O) groups is 2. The van der Waals surface area contributed by atoms with Gasteiger partial charge < -0.3 is 14.5 Å². The van der Waals surface area contributed by atoms with Gasteiger partial charge in [-0.05, 0) is 47.9 Å². The number of benzene rings is 1. The van der Waals surface area contributed by atoms with Gasteiger partial charge in [0.1, 0.15) is 12.4 Å². The van der Waals surface area contributed by atoms with Crippen LogP contribution in [0.5, 0.6) is 5.75 Å². The Labute approximate surface area is 184 Å². The first-order valence-corrected chi connectivity index (χ1v) is 11.7. The summed E-state index contributed by atoms with van der Waals surface area (Å²) < 4.78 is 6.01. The Bertz CT molecular complexity index is 1010. The van der Waals surface area contributed by atoms with E-state index in [1.807, 2.05) is 70.8 Å². The van der Waals surface area contributed by atoms with Gasteiger partial charge in [0.05, 0.1) is 9.75 Å². The Morgan fingerprint density at radius 3 is 2.13 bits per heavy atom. The van der Waals surface area contributed by atoms with Crippen molar-refractivity contribution in [3.8, 4) is 5.75 Å². The third-order valence-corrected chi connectivity index (χ3v) is 7.07. The van der Waals surface area contributed by atoms with E-state index in [1.165, 1.54) is 22.7 Å². The highest BCUT2D eigenvalue weighted by atomic mass is 32.1. The van der Waals surface area contributed by atoms with Crippen LogP contribution in [0.25, 0.3) is 0 Å².